The summed E-state index contributed by atoms with van der Waals surface area (Å²) in [5, 5.41) is 7.69. The average Bonchev–Trinajstić information content (AvgIpc) is 3.28. The Morgan fingerprint density at radius 1 is 0.968 bits per heavy atom. The first kappa shape index (κ1) is 20.3. The zero-order valence-electron chi connectivity index (χ0n) is 17.7. The van der Waals surface area contributed by atoms with Crippen LogP contribution in [0.15, 0.2) is 85.3 Å². The van der Waals surface area contributed by atoms with E-state index in [9.17, 15) is 4.79 Å². The maximum Gasteiger partial charge on any atom is 0.259 e. The van der Waals surface area contributed by atoms with Crippen molar-refractivity contribution >= 4 is 17.3 Å². The minimum Gasteiger partial charge on any atom is -0.372 e. The molecular formula is C25H25N5O. The molecule has 0 radical (unpaired) electrons. The van der Waals surface area contributed by atoms with Gasteiger partial charge in [-0.1, -0.05) is 18.2 Å². The number of nitrogens with one attached hydrogen (secondary N) is 1. The summed E-state index contributed by atoms with van der Waals surface area (Å²) >= 11 is 0. The number of benzene rings is 2. The van der Waals surface area contributed by atoms with Crippen LogP contribution >= 0.6 is 0 Å². The van der Waals surface area contributed by atoms with Crippen molar-refractivity contribution in [2.75, 3.05) is 23.3 Å². The molecule has 2 aromatic carbocycles. The van der Waals surface area contributed by atoms with E-state index in [4.69, 9.17) is 0 Å². The van der Waals surface area contributed by atoms with Gasteiger partial charge in [-0.3, -0.25) is 9.78 Å². The lowest BCUT2D eigenvalue weighted by molar-refractivity contribution is 0.102. The molecule has 0 bridgehead atoms. The lowest BCUT2D eigenvalue weighted by Gasteiger charge is -2.21. The lowest BCUT2D eigenvalue weighted by Crippen LogP contribution is -2.21. The molecule has 156 valence electrons. The summed E-state index contributed by atoms with van der Waals surface area (Å²) in [5.41, 5.74) is 4.63. The van der Waals surface area contributed by atoms with Crippen molar-refractivity contribution in [3.8, 4) is 16.9 Å². The van der Waals surface area contributed by atoms with Gasteiger partial charge in [-0.2, -0.15) is 5.10 Å². The van der Waals surface area contributed by atoms with Crippen molar-refractivity contribution in [1.29, 1.82) is 0 Å². The van der Waals surface area contributed by atoms with Crippen LogP contribution in [0.3, 0.4) is 0 Å². The molecule has 0 unspecified atom stereocenters. The highest BCUT2D eigenvalue weighted by Crippen LogP contribution is 2.25. The van der Waals surface area contributed by atoms with Crippen molar-refractivity contribution in [3.05, 3.63) is 90.9 Å². The Morgan fingerprint density at radius 3 is 2.35 bits per heavy atom. The second kappa shape index (κ2) is 9.26. The summed E-state index contributed by atoms with van der Waals surface area (Å²) in [7, 11) is 0. The molecule has 0 aliphatic carbocycles. The number of nitrogens with zero attached hydrogens (tertiary/aromatic N) is 4. The predicted octanol–water partition coefficient (Wildman–Crippen LogP) is 5.03. The van der Waals surface area contributed by atoms with Gasteiger partial charge in [0.05, 0.1) is 11.3 Å². The number of carbonyl (C=O) groups is 1. The molecule has 2 aromatic heterocycles. The monoisotopic (exact) mass is 411 g/mol. The van der Waals surface area contributed by atoms with Crippen LogP contribution in [-0.2, 0) is 0 Å². The number of amides is 1. The maximum atomic E-state index is 13.2. The van der Waals surface area contributed by atoms with Crippen molar-refractivity contribution < 1.29 is 4.79 Å². The van der Waals surface area contributed by atoms with Crippen LogP contribution in [0.5, 0.6) is 0 Å². The summed E-state index contributed by atoms with van der Waals surface area (Å²) in [6.07, 6.45) is 5.18. The number of rotatable bonds is 7. The van der Waals surface area contributed by atoms with E-state index >= 15 is 0 Å². The van der Waals surface area contributed by atoms with Crippen LogP contribution in [0.2, 0.25) is 0 Å². The fourth-order valence-electron chi connectivity index (χ4n) is 3.51. The van der Waals surface area contributed by atoms with Crippen LogP contribution in [0, 0.1) is 0 Å². The van der Waals surface area contributed by atoms with Gasteiger partial charge in [-0.05, 0) is 62.4 Å². The smallest absolute Gasteiger partial charge is 0.259 e. The van der Waals surface area contributed by atoms with E-state index in [-0.39, 0.29) is 5.91 Å². The topological polar surface area (TPSA) is 63.1 Å². The van der Waals surface area contributed by atoms with Gasteiger partial charge < -0.3 is 10.2 Å². The van der Waals surface area contributed by atoms with E-state index in [1.807, 2.05) is 66.7 Å². The third kappa shape index (κ3) is 4.48. The van der Waals surface area contributed by atoms with E-state index in [1.165, 1.54) is 0 Å². The standard InChI is InChI=1S/C25H25N5O/c1-3-29(4-2)21-14-12-20(13-15-21)27-25(31)23-18-30(22-10-6-5-7-11-22)28-24(23)19-9-8-16-26-17-19/h5-18H,3-4H2,1-2H3,(H,27,31). The fourth-order valence-corrected chi connectivity index (χ4v) is 3.51. The van der Waals surface area contributed by atoms with Crippen molar-refractivity contribution in [2.45, 2.75) is 13.8 Å². The van der Waals surface area contributed by atoms with Crippen LogP contribution in [0.25, 0.3) is 16.9 Å². The van der Waals surface area contributed by atoms with E-state index in [2.05, 4.69) is 34.1 Å². The van der Waals surface area contributed by atoms with Crippen LogP contribution in [0.4, 0.5) is 11.4 Å². The zero-order chi connectivity index (χ0) is 21.6. The summed E-state index contributed by atoms with van der Waals surface area (Å²) in [6.45, 7) is 6.14. The van der Waals surface area contributed by atoms with Gasteiger partial charge in [0.25, 0.3) is 5.91 Å². The molecule has 0 saturated carbocycles. The number of hydrogen-bond donors (Lipinski definition) is 1. The number of aromatic nitrogens is 3. The molecule has 0 spiro atoms. The molecule has 4 rings (SSSR count). The summed E-state index contributed by atoms with van der Waals surface area (Å²) in [5.74, 6) is -0.211. The SMILES string of the molecule is CCN(CC)c1ccc(NC(=O)c2cn(-c3ccccc3)nc2-c2cccnc2)cc1. The van der Waals surface area contributed by atoms with Gasteiger partial charge in [0, 0.05) is 48.6 Å². The van der Waals surface area contributed by atoms with Crippen LogP contribution < -0.4 is 10.2 Å². The number of pyridine rings is 1. The first-order valence-corrected chi connectivity index (χ1v) is 10.4. The second-order valence-corrected chi connectivity index (χ2v) is 7.09. The molecule has 31 heavy (non-hydrogen) atoms. The third-order valence-electron chi connectivity index (χ3n) is 5.17. The molecule has 0 fully saturated rings. The maximum absolute atomic E-state index is 13.2. The number of carbonyl (C=O) groups excluding carboxylic acids is 1. The Morgan fingerprint density at radius 2 is 1.71 bits per heavy atom. The van der Waals surface area contributed by atoms with Gasteiger partial charge in [0.1, 0.15) is 5.69 Å². The quantitative estimate of drug-likeness (QED) is 0.463. The van der Waals surface area contributed by atoms with Gasteiger partial charge in [-0.25, -0.2) is 4.68 Å². The first-order valence-electron chi connectivity index (χ1n) is 10.4. The van der Waals surface area contributed by atoms with E-state index in [1.54, 1.807) is 23.3 Å². The van der Waals surface area contributed by atoms with E-state index in [0.717, 1.165) is 35.7 Å². The molecule has 1 amide bonds. The lowest BCUT2D eigenvalue weighted by atomic mass is 10.1. The Hall–Kier alpha value is -3.93. The summed E-state index contributed by atoms with van der Waals surface area (Å²) in [4.78, 5) is 19.6. The average molecular weight is 412 g/mol. The molecule has 6 heteroatoms. The van der Waals surface area contributed by atoms with Crippen molar-refractivity contribution in [1.82, 2.24) is 14.8 Å². The highest BCUT2D eigenvalue weighted by molar-refractivity contribution is 6.08. The highest BCUT2D eigenvalue weighted by atomic mass is 16.1. The van der Waals surface area contributed by atoms with Gasteiger partial charge in [0.15, 0.2) is 0 Å². The molecule has 2 heterocycles. The first-order chi connectivity index (χ1) is 15.2. The predicted molar refractivity (Wildman–Crippen MR) is 125 cm³/mol. The van der Waals surface area contributed by atoms with E-state index < -0.39 is 0 Å². The van der Waals surface area contributed by atoms with Gasteiger partial charge >= 0.3 is 0 Å². The summed E-state index contributed by atoms with van der Waals surface area (Å²) in [6, 6.07) is 21.4. The minimum atomic E-state index is -0.211. The zero-order valence-corrected chi connectivity index (χ0v) is 17.7. The third-order valence-corrected chi connectivity index (χ3v) is 5.17. The fraction of sp³-hybridized carbons (Fsp3) is 0.160. The molecule has 0 saturated heterocycles. The number of anilines is 2. The Balaban J connectivity index is 1.65. The van der Waals surface area contributed by atoms with Crippen molar-refractivity contribution in [2.24, 2.45) is 0 Å². The number of para-hydroxylation sites is 1. The Labute approximate surface area is 182 Å². The Bertz CT molecular complexity index is 1130. The number of hydrogen-bond acceptors (Lipinski definition) is 4. The molecular weight excluding hydrogens is 386 g/mol. The largest absolute Gasteiger partial charge is 0.372 e. The Kier molecular flexibility index (Phi) is 6.08. The molecule has 6 nitrogen and oxygen atoms in total. The van der Waals surface area contributed by atoms with E-state index in [0.29, 0.717) is 11.3 Å². The molecule has 1 N–H and O–H groups in total. The molecule has 0 aliphatic rings. The minimum absolute atomic E-state index is 0.211. The molecule has 4 aromatic rings. The second-order valence-electron chi connectivity index (χ2n) is 7.09. The van der Waals surface area contributed by atoms with Crippen molar-refractivity contribution in [3.63, 3.8) is 0 Å². The molecule has 0 atom stereocenters. The molecule has 0 aliphatic heterocycles. The summed E-state index contributed by atoms with van der Waals surface area (Å²) < 4.78 is 1.72. The van der Waals surface area contributed by atoms with Crippen LogP contribution in [-0.4, -0.2) is 33.8 Å². The van der Waals surface area contributed by atoms with Gasteiger partial charge in [0.2, 0.25) is 0 Å². The van der Waals surface area contributed by atoms with Gasteiger partial charge in [-0.15, -0.1) is 0 Å². The van der Waals surface area contributed by atoms with Crippen LogP contribution in [0.1, 0.15) is 24.2 Å². The highest BCUT2D eigenvalue weighted by Gasteiger charge is 2.19. The normalized spacial score (nSPS) is 10.6.